The largest absolute Gasteiger partial charge is 0.416 e. The average molecular weight is 697 g/mol. The van der Waals surface area contributed by atoms with Crippen LogP contribution in [-0.4, -0.2) is 78.8 Å². The summed E-state index contributed by atoms with van der Waals surface area (Å²) in [5.74, 6) is 0.335. The molecule has 0 aliphatic carbocycles. The Balaban J connectivity index is 0.933. The van der Waals surface area contributed by atoms with Crippen molar-refractivity contribution in [2.75, 3.05) is 25.0 Å². The molecule has 0 unspecified atom stereocenters. The number of fused-ring (bicyclic) bond motifs is 1. The number of anilines is 1. The van der Waals surface area contributed by atoms with Crippen molar-refractivity contribution in [3.63, 3.8) is 0 Å². The lowest BCUT2D eigenvalue weighted by atomic mass is 10.00. The molecule has 0 bridgehead atoms. The summed E-state index contributed by atoms with van der Waals surface area (Å²) in [6, 6.07) is 14.1. The number of carbonyl (C=O) groups is 1. The van der Waals surface area contributed by atoms with Crippen LogP contribution in [0.5, 0.6) is 0 Å². The minimum absolute atomic E-state index is 0.193. The van der Waals surface area contributed by atoms with E-state index >= 15 is 0 Å². The first kappa shape index (κ1) is 34.5. The van der Waals surface area contributed by atoms with Crippen LogP contribution in [0, 0.1) is 0 Å². The van der Waals surface area contributed by atoms with Gasteiger partial charge in [-0.3, -0.25) is 9.36 Å². The zero-order valence-electron chi connectivity index (χ0n) is 26.2. The Morgan fingerprint density at radius 1 is 0.939 bits per heavy atom. The van der Waals surface area contributed by atoms with E-state index in [1.807, 2.05) is 17.5 Å². The highest BCUT2D eigenvalue weighted by atomic mass is 32.1. The van der Waals surface area contributed by atoms with Crippen LogP contribution in [-0.2, 0) is 10.9 Å². The number of halogens is 3. The van der Waals surface area contributed by atoms with Crippen molar-refractivity contribution in [1.29, 1.82) is 0 Å². The quantitative estimate of drug-likeness (QED) is 0.104. The molecule has 6 rings (SSSR count). The highest BCUT2D eigenvalue weighted by Crippen LogP contribution is 2.39. The average Bonchev–Trinajstić information content (AvgIpc) is 3.84. The van der Waals surface area contributed by atoms with E-state index in [2.05, 4.69) is 25.6 Å². The molecule has 1 aliphatic heterocycles. The SMILES string of the molecule is O=C(NCCCCCCNc1ncnc2c1ncn2[C@@H]1O[C@H](CO)[C@@H](O)[C@H]1O)c1ccc(-c2sccc2-c2cccc(C(F)(F)F)c2)cc1. The van der Waals surface area contributed by atoms with Gasteiger partial charge in [-0.05, 0) is 59.7 Å². The van der Waals surface area contributed by atoms with Gasteiger partial charge in [0.1, 0.15) is 24.6 Å². The minimum Gasteiger partial charge on any atom is -0.394 e. The van der Waals surface area contributed by atoms with Crippen molar-refractivity contribution in [3.8, 4) is 21.6 Å². The first-order valence-electron chi connectivity index (χ1n) is 15.8. The van der Waals surface area contributed by atoms with Crippen molar-refractivity contribution in [2.24, 2.45) is 0 Å². The number of aliphatic hydroxyl groups excluding tert-OH is 3. The van der Waals surface area contributed by atoms with Crippen LogP contribution in [0.4, 0.5) is 19.0 Å². The molecule has 4 heterocycles. The molecule has 11 nitrogen and oxygen atoms in total. The van der Waals surface area contributed by atoms with Crippen LogP contribution < -0.4 is 10.6 Å². The van der Waals surface area contributed by atoms with Gasteiger partial charge in [0.25, 0.3) is 5.91 Å². The molecule has 0 saturated carbocycles. The number of aromatic nitrogens is 4. The molecule has 258 valence electrons. The van der Waals surface area contributed by atoms with E-state index < -0.39 is 42.9 Å². The molecular formula is C34H35F3N6O5S. The zero-order chi connectivity index (χ0) is 34.5. The van der Waals surface area contributed by atoms with Crippen LogP contribution in [0.1, 0.15) is 47.8 Å². The number of benzene rings is 2. The highest BCUT2D eigenvalue weighted by molar-refractivity contribution is 7.14. The van der Waals surface area contributed by atoms with Gasteiger partial charge in [0.05, 0.1) is 18.5 Å². The number of hydrogen-bond acceptors (Lipinski definition) is 10. The number of rotatable bonds is 13. The summed E-state index contributed by atoms with van der Waals surface area (Å²) in [4.78, 5) is 26.5. The van der Waals surface area contributed by atoms with Gasteiger partial charge in [0.15, 0.2) is 23.2 Å². The zero-order valence-corrected chi connectivity index (χ0v) is 27.0. The van der Waals surface area contributed by atoms with Crippen molar-refractivity contribution in [1.82, 2.24) is 24.8 Å². The summed E-state index contributed by atoms with van der Waals surface area (Å²) in [5.41, 5.74) is 2.73. The van der Waals surface area contributed by atoms with E-state index in [1.54, 1.807) is 24.3 Å². The van der Waals surface area contributed by atoms with Gasteiger partial charge in [-0.15, -0.1) is 11.3 Å². The van der Waals surface area contributed by atoms with Crippen molar-refractivity contribution >= 4 is 34.2 Å². The van der Waals surface area contributed by atoms with Crippen LogP contribution in [0.25, 0.3) is 32.7 Å². The summed E-state index contributed by atoms with van der Waals surface area (Å²) in [7, 11) is 0. The van der Waals surface area contributed by atoms with E-state index in [-0.39, 0.29) is 5.91 Å². The highest BCUT2D eigenvalue weighted by Gasteiger charge is 2.44. The van der Waals surface area contributed by atoms with Crippen molar-refractivity contribution in [3.05, 3.63) is 83.8 Å². The predicted octanol–water partition coefficient (Wildman–Crippen LogP) is 5.25. The Morgan fingerprint density at radius 2 is 1.71 bits per heavy atom. The lowest BCUT2D eigenvalue weighted by Gasteiger charge is -2.16. The molecule has 1 amide bonds. The van der Waals surface area contributed by atoms with Gasteiger partial charge in [-0.2, -0.15) is 13.2 Å². The molecule has 5 aromatic rings. The number of nitrogens with zero attached hydrogens (tertiary/aromatic N) is 4. The van der Waals surface area contributed by atoms with Gasteiger partial charge in [-0.25, -0.2) is 15.0 Å². The number of imidazole rings is 1. The first-order valence-corrected chi connectivity index (χ1v) is 16.7. The number of amides is 1. The first-order chi connectivity index (χ1) is 23.7. The summed E-state index contributed by atoms with van der Waals surface area (Å²) >= 11 is 1.43. The molecule has 1 saturated heterocycles. The summed E-state index contributed by atoms with van der Waals surface area (Å²) in [6.07, 6.45) is -2.46. The monoisotopic (exact) mass is 696 g/mol. The standard InChI is InChI=1S/C34H35F3N6O5S/c35-34(36,37)23-7-5-6-22(16-23)24-12-15-49-29(24)20-8-10-21(11-9-20)32(47)39-14-4-2-1-3-13-38-30-26-31(41-18-40-30)43(19-42-26)33-28(46)27(45)25(17-44)48-33/h5-12,15-16,18-19,25,27-28,33,44-46H,1-4,13-14,17H2,(H,39,47)(H,38,40,41)/t25-,27-,28-,33-/m1/s1. The Morgan fingerprint density at radius 3 is 2.45 bits per heavy atom. The maximum Gasteiger partial charge on any atom is 0.416 e. The van der Waals surface area contributed by atoms with Crippen molar-refractivity contribution < 1.29 is 38.0 Å². The second-order valence-electron chi connectivity index (χ2n) is 11.7. The predicted molar refractivity (Wildman–Crippen MR) is 178 cm³/mol. The minimum atomic E-state index is -4.42. The Kier molecular flexibility index (Phi) is 10.6. The third-order valence-corrected chi connectivity index (χ3v) is 9.37. The molecule has 0 radical (unpaired) electrons. The molecule has 1 fully saturated rings. The third kappa shape index (κ3) is 7.60. The number of ether oxygens (including phenoxy) is 1. The van der Waals surface area contributed by atoms with Gasteiger partial charge in [0, 0.05) is 29.1 Å². The van der Waals surface area contributed by atoms with Gasteiger partial charge in [-0.1, -0.05) is 37.1 Å². The number of unbranched alkanes of at least 4 members (excludes halogenated alkanes) is 3. The summed E-state index contributed by atoms with van der Waals surface area (Å²) < 4.78 is 46.8. The number of alkyl halides is 3. The lowest BCUT2D eigenvalue weighted by Crippen LogP contribution is -2.33. The number of aliphatic hydroxyl groups is 3. The second kappa shape index (κ2) is 15.0. The van der Waals surface area contributed by atoms with Gasteiger partial charge >= 0.3 is 6.18 Å². The molecule has 0 spiro atoms. The lowest BCUT2D eigenvalue weighted by molar-refractivity contribution is -0.137. The molecule has 4 atom stereocenters. The summed E-state index contributed by atoms with van der Waals surface area (Å²) in [5, 5.41) is 37.9. The van der Waals surface area contributed by atoms with Crippen LogP contribution >= 0.6 is 11.3 Å². The molecular weight excluding hydrogens is 661 g/mol. The van der Waals surface area contributed by atoms with Gasteiger partial charge < -0.3 is 30.7 Å². The number of carbonyl (C=O) groups excluding carboxylic acids is 1. The molecule has 2 aromatic carbocycles. The van der Waals surface area contributed by atoms with E-state index in [9.17, 15) is 33.3 Å². The topological polar surface area (TPSA) is 155 Å². The molecule has 1 aliphatic rings. The molecule has 15 heteroatoms. The maximum atomic E-state index is 13.2. The number of hydrogen-bond donors (Lipinski definition) is 5. The van der Waals surface area contributed by atoms with E-state index in [0.717, 1.165) is 48.3 Å². The fraction of sp³-hybridized carbons (Fsp3) is 0.353. The Bertz CT molecular complexity index is 1880. The van der Waals surface area contributed by atoms with E-state index in [1.165, 1.54) is 34.6 Å². The molecule has 5 N–H and O–H groups in total. The molecule has 3 aromatic heterocycles. The Labute approximate surface area is 283 Å². The third-order valence-electron chi connectivity index (χ3n) is 8.41. The van der Waals surface area contributed by atoms with Gasteiger partial charge in [0.2, 0.25) is 0 Å². The second-order valence-corrected chi connectivity index (χ2v) is 12.6. The Hall–Kier alpha value is -4.41. The molecule has 49 heavy (non-hydrogen) atoms. The summed E-state index contributed by atoms with van der Waals surface area (Å²) in [6.45, 7) is 0.717. The van der Waals surface area contributed by atoms with Crippen molar-refractivity contribution in [2.45, 2.75) is 56.4 Å². The maximum absolute atomic E-state index is 13.2. The van der Waals surface area contributed by atoms with Crippen LogP contribution in [0.15, 0.2) is 72.6 Å². The van der Waals surface area contributed by atoms with E-state index in [4.69, 9.17) is 4.74 Å². The fourth-order valence-electron chi connectivity index (χ4n) is 5.79. The normalized spacial score (nSPS) is 19.4. The van der Waals surface area contributed by atoms with E-state index in [0.29, 0.717) is 46.8 Å². The fourth-order valence-corrected chi connectivity index (χ4v) is 6.71. The number of nitrogens with one attached hydrogen (secondary N) is 2. The smallest absolute Gasteiger partial charge is 0.394 e. The number of thiophene rings is 1. The van der Waals surface area contributed by atoms with Crippen LogP contribution in [0.2, 0.25) is 0 Å². The van der Waals surface area contributed by atoms with Crippen LogP contribution in [0.3, 0.4) is 0 Å².